The molecule has 0 aliphatic carbocycles. The van der Waals surface area contributed by atoms with Crippen molar-refractivity contribution in [2.24, 2.45) is 0 Å². The number of nitrogens with zero attached hydrogens (tertiary/aromatic N) is 3. The molecule has 3 aromatic rings. The number of carbonyl (C=O) groups is 1. The minimum Gasteiger partial charge on any atom is -0.497 e. The Balaban J connectivity index is 1.64. The highest BCUT2D eigenvalue weighted by Crippen LogP contribution is 2.28. The average Bonchev–Trinajstić information content (AvgIpc) is 2.89. The lowest BCUT2D eigenvalue weighted by atomic mass is 10.0. The molecule has 0 unspecified atom stereocenters. The molecule has 1 aromatic heterocycles. The van der Waals surface area contributed by atoms with Gasteiger partial charge >= 0.3 is 5.97 Å². The lowest BCUT2D eigenvalue weighted by Gasteiger charge is -2.20. The average molecular weight is 492 g/mol. The zero-order valence-electron chi connectivity index (χ0n) is 20.8. The summed E-state index contributed by atoms with van der Waals surface area (Å²) in [6.45, 7) is 2.94. The highest BCUT2D eigenvalue weighted by Gasteiger charge is 2.16. The van der Waals surface area contributed by atoms with Gasteiger partial charge in [0.1, 0.15) is 17.6 Å². The third-order valence-corrected chi connectivity index (χ3v) is 5.88. The number of rotatable bonds is 12. The summed E-state index contributed by atoms with van der Waals surface area (Å²) < 4.78 is 25.8. The van der Waals surface area contributed by atoms with Crippen LogP contribution >= 0.6 is 0 Å². The fraction of sp³-hybridized carbons (Fsp3) is 0.321. The van der Waals surface area contributed by atoms with E-state index >= 15 is 0 Å². The van der Waals surface area contributed by atoms with Gasteiger partial charge in [-0.05, 0) is 72.9 Å². The van der Waals surface area contributed by atoms with Crippen molar-refractivity contribution in [2.45, 2.75) is 32.6 Å². The molecule has 0 aliphatic rings. The summed E-state index contributed by atoms with van der Waals surface area (Å²) in [4.78, 5) is 17.0. The van der Waals surface area contributed by atoms with Gasteiger partial charge in [0.05, 0.1) is 25.0 Å². The van der Waals surface area contributed by atoms with Crippen LogP contribution in [0.15, 0.2) is 48.5 Å². The Bertz CT molecular complexity index is 1240. The van der Waals surface area contributed by atoms with E-state index in [1.54, 1.807) is 43.3 Å². The summed E-state index contributed by atoms with van der Waals surface area (Å²) >= 11 is 0. The molecular formula is C28H30FN3O4. The van der Waals surface area contributed by atoms with Gasteiger partial charge in [-0.1, -0.05) is 13.0 Å². The third kappa shape index (κ3) is 6.72. The standard InChI is InChI=1S/C28H30FN3O4/c1-4-19-16-24(12-6-20(19)9-13-26(33)34)36-15-5-14-32(2)28-25(29)17-22(18-30)27(31-28)21-7-10-23(35-3)11-8-21/h6-8,10-12,16-17H,4-5,9,13-15H2,1-3H3,(H,33,34). The zero-order valence-corrected chi connectivity index (χ0v) is 20.8. The molecule has 0 radical (unpaired) electrons. The molecule has 0 saturated carbocycles. The maximum Gasteiger partial charge on any atom is 0.303 e. The molecule has 0 saturated heterocycles. The minimum atomic E-state index is -0.814. The van der Waals surface area contributed by atoms with E-state index in [9.17, 15) is 14.4 Å². The maximum absolute atomic E-state index is 14.8. The number of benzene rings is 2. The van der Waals surface area contributed by atoms with Crippen LogP contribution in [0.3, 0.4) is 0 Å². The molecule has 0 atom stereocenters. The van der Waals surface area contributed by atoms with Crippen LogP contribution in [0.4, 0.5) is 10.2 Å². The van der Waals surface area contributed by atoms with Crippen LogP contribution in [-0.2, 0) is 17.6 Å². The van der Waals surface area contributed by atoms with Gasteiger partial charge in [0.25, 0.3) is 0 Å². The first-order valence-corrected chi connectivity index (χ1v) is 11.8. The predicted molar refractivity (Wildman–Crippen MR) is 136 cm³/mol. The first-order valence-electron chi connectivity index (χ1n) is 11.8. The number of anilines is 1. The third-order valence-electron chi connectivity index (χ3n) is 5.88. The summed E-state index contributed by atoms with van der Waals surface area (Å²) in [6.07, 6.45) is 2.00. The van der Waals surface area contributed by atoms with Gasteiger partial charge < -0.3 is 19.5 Å². The lowest BCUT2D eigenvalue weighted by Crippen LogP contribution is -2.23. The van der Waals surface area contributed by atoms with E-state index in [1.807, 2.05) is 31.2 Å². The van der Waals surface area contributed by atoms with Crippen LogP contribution in [-0.4, -0.2) is 43.4 Å². The van der Waals surface area contributed by atoms with Gasteiger partial charge in [-0.2, -0.15) is 5.26 Å². The molecule has 0 fully saturated rings. The maximum atomic E-state index is 14.8. The summed E-state index contributed by atoms with van der Waals surface area (Å²) in [5.74, 6) is 0.189. The number of carboxylic acids is 1. The number of ether oxygens (including phenoxy) is 2. The molecule has 8 heteroatoms. The molecule has 1 N–H and O–H groups in total. The van der Waals surface area contributed by atoms with E-state index in [2.05, 4.69) is 4.98 Å². The van der Waals surface area contributed by atoms with Crippen LogP contribution in [0, 0.1) is 17.1 Å². The highest BCUT2D eigenvalue weighted by molar-refractivity contribution is 5.69. The molecule has 0 spiro atoms. The topological polar surface area (TPSA) is 95.7 Å². The normalized spacial score (nSPS) is 10.5. The smallest absolute Gasteiger partial charge is 0.303 e. The van der Waals surface area contributed by atoms with Crippen molar-refractivity contribution in [3.8, 4) is 28.8 Å². The predicted octanol–water partition coefficient (Wildman–Crippen LogP) is 5.25. The number of aromatic nitrogens is 1. The van der Waals surface area contributed by atoms with E-state index in [4.69, 9.17) is 14.6 Å². The van der Waals surface area contributed by atoms with Crippen LogP contribution in [0.1, 0.15) is 36.5 Å². The number of halogens is 1. The molecule has 36 heavy (non-hydrogen) atoms. The number of aryl methyl sites for hydroxylation is 2. The van der Waals surface area contributed by atoms with Gasteiger partial charge in [0, 0.05) is 25.6 Å². The van der Waals surface area contributed by atoms with Gasteiger partial charge in [0.15, 0.2) is 11.6 Å². The number of hydrogen-bond donors (Lipinski definition) is 1. The van der Waals surface area contributed by atoms with Gasteiger partial charge in [-0.3, -0.25) is 4.79 Å². The SMILES string of the molecule is CCc1cc(OCCCN(C)c2nc(-c3ccc(OC)cc3)c(C#N)cc2F)ccc1CCC(=O)O. The van der Waals surface area contributed by atoms with Gasteiger partial charge in [-0.15, -0.1) is 0 Å². The first kappa shape index (κ1) is 26.5. The number of methoxy groups -OCH3 is 1. The molecule has 0 amide bonds. The molecule has 0 aliphatic heterocycles. The summed E-state index contributed by atoms with van der Waals surface area (Å²) in [5, 5.41) is 18.4. The quantitative estimate of drug-likeness (QED) is 0.346. The second kappa shape index (κ2) is 12.5. The van der Waals surface area contributed by atoms with Crippen molar-refractivity contribution < 1.29 is 23.8 Å². The van der Waals surface area contributed by atoms with Crippen molar-refractivity contribution in [3.63, 3.8) is 0 Å². The highest BCUT2D eigenvalue weighted by atomic mass is 19.1. The molecule has 7 nitrogen and oxygen atoms in total. The van der Waals surface area contributed by atoms with Crippen LogP contribution in [0.25, 0.3) is 11.3 Å². The molecule has 3 rings (SSSR count). The second-order valence-corrected chi connectivity index (χ2v) is 8.33. The minimum absolute atomic E-state index is 0.0969. The van der Waals surface area contributed by atoms with E-state index < -0.39 is 11.8 Å². The Kier molecular flexibility index (Phi) is 9.23. The number of aliphatic carboxylic acids is 1. The molecule has 0 bridgehead atoms. The number of pyridine rings is 1. The van der Waals surface area contributed by atoms with Gasteiger partial charge in [0.2, 0.25) is 0 Å². The Morgan fingerprint density at radius 1 is 1.14 bits per heavy atom. The fourth-order valence-electron chi connectivity index (χ4n) is 3.91. The number of nitriles is 1. The largest absolute Gasteiger partial charge is 0.497 e. The molecular weight excluding hydrogens is 461 g/mol. The number of hydrogen-bond acceptors (Lipinski definition) is 6. The van der Waals surface area contributed by atoms with E-state index in [-0.39, 0.29) is 17.8 Å². The summed E-state index contributed by atoms with van der Waals surface area (Å²) in [5.41, 5.74) is 3.36. The van der Waals surface area contributed by atoms with Crippen molar-refractivity contribution in [1.29, 1.82) is 5.26 Å². The summed E-state index contributed by atoms with van der Waals surface area (Å²) in [6, 6.07) is 16.1. The van der Waals surface area contributed by atoms with E-state index in [0.717, 1.165) is 23.3 Å². The number of carboxylic acid groups (broad SMARTS) is 1. The second-order valence-electron chi connectivity index (χ2n) is 8.33. The van der Waals surface area contributed by atoms with Crippen LogP contribution < -0.4 is 14.4 Å². The lowest BCUT2D eigenvalue weighted by molar-refractivity contribution is -0.136. The first-order chi connectivity index (χ1) is 17.4. The Morgan fingerprint density at radius 3 is 2.50 bits per heavy atom. The van der Waals surface area contributed by atoms with Gasteiger partial charge in [-0.25, -0.2) is 9.37 Å². The fourth-order valence-corrected chi connectivity index (χ4v) is 3.91. The van der Waals surface area contributed by atoms with Crippen LogP contribution in [0.5, 0.6) is 11.5 Å². The van der Waals surface area contributed by atoms with Crippen LogP contribution in [0.2, 0.25) is 0 Å². The molecule has 1 heterocycles. The Morgan fingerprint density at radius 2 is 1.86 bits per heavy atom. The monoisotopic (exact) mass is 491 g/mol. The zero-order chi connectivity index (χ0) is 26.1. The van der Waals surface area contributed by atoms with Crippen molar-refractivity contribution in [1.82, 2.24) is 4.98 Å². The van der Waals surface area contributed by atoms with E-state index in [0.29, 0.717) is 43.0 Å². The van der Waals surface area contributed by atoms with Crippen molar-refractivity contribution in [2.75, 3.05) is 32.2 Å². The van der Waals surface area contributed by atoms with E-state index in [1.165, 1.54) is 6.07 Å². The summed E-state index contributed by atoms with van der Waals surface area (Å²) in [7, 11) is 3.32. The molecule has 2 aromatic carbocycles. The molecule has 188 valence electrons. The Labute approximate surface area is 210 Å². The van der Waals surface area contributed by atoms with Crippen molar-refractivity contribution >= 4 is 11.8 Å². The van der Waals surface area contributed by atoms with Crippen molar-refractivity contribution in [3.05, 3.63) is 71.0 Å². The Hall–Kier alpha value is -4.12.